The molecule has 1 aliphatic carbocycles. The number of rotatable bonds is 5. The van der Waals surface area contributed by atoms with Crippen LogP contribution >= 0.6 is 0 Å². The van der Waals surface area contributed by atoms with E-state index in [4.69, 9.17) is 4.74 Å². The summed E-state index contributed by atoms with van der Waals surface area (Å²) < 4.78 is 5.25. The average Bonchev–Trinajstić information content (AvgIpc) is 2.97. The van der Waals surface area contributed by atoms with E-state index in [0.29, 0.717) is 25.6 Å². The van der Waals surface area contributed by atoms with Crippen molar-refractivity contribution in [1.82, 2.24) is 0 Å². The van der Waals surface area contributed by atoms with Crippen LogP contribution in [0, 0.1) is 23.7 Å². The summed E-state index contributed by atoms with van der Waals surface area (Å²) in [6, 6.07) is 0. The fourth-order valence-corrected chi connectivity index (χ4v) is 1.15. The van der Waals surface area contributed by atoms with E-state index in [9.17, 15) is 5.11 Å². The summed E-state index contributed by atoms with van der Waals surface area (Å²) in [6.07, 6.45) is 2.74. The van der Waals surface area contributed by atoms with Crippen molar-refractivity contribution in [2.24, 2.45) is 11.8 Å². The van der Waals surface area contributed by atoms with Gasteiger partial charge in [0.05, 0.1) is 12.7 Å². The highest BCUT2D eigenvalue weighted by Crippen LogP contribution is 2.27. The molecule has 0 heterocycles. The molecule has 2 heteroatoms. The minimum absolute atomic E-state index is 0.184. The molecule has 1 N–H and O–H groups in total. The lowest BCUT2D eigenvalue weighted by atomic mass is 10.0. The van der Waals surface area contributed by atoms with Gasteiger partial charge in [-0.05, 0) is 19.8 Å². The van der Waals surface area contributed by atoms with Gasteiger partial charge in [-0.2, -0.15) is 0 Å². The summed E-state index contributed by atoms with van der Waals surface area (Å²) >= 11 is 0. The van der Waals surface area contributed by atoms with E-state index in [0.717, 1.165) is 0 Å². The van der Waals surface area contributed by atoms with Gasteiger partial charge in [-0.1, -0.05) is 12.8 Å². The summed E-state index contributed by atoms with van der Waals surface area (Å²) in [5, 5.41) is 9.70. The fourth-order valence-electron chi connectivity index (χ4n) is 1.15. The van der Waals surface area contributed by atoms with Crippen molar-refractivity contribution < 1.29 is 9.84 Å². The Kier molecular flexibility index (Phi) is 5.00. The molecule has 0 bridgehead atoms. The van der Waals surface area contributed by atoms with E-state index >= 15 is 0 Å². The van der Waals surface area contributed by atoms with E-state index in [1.54, 1.807) is 0 Å². The van der Waals surface area contributed by atoms with Crippen LogP contribution in [0.2, 0.25) is 0 Å². The molecule has 1 aliphatic rings. The molecule has 2 unspecified atom stereocenters. The van der Waals surface area contributed by atoms with Crippen LogP contribution in [0.15, 0.2) is 0 Å². The van der Waals surface area contributed by atoms with Crippen molar-refractivity contribution in [3.05, 3.63) is 0 Å². The van der Waals surface area contributed by atoms with Crippen LogP contribution in [0.25, 0.3) is 0 Å². The first-order valence-electron chi connectivity index (χ1n) is 5.48. The highest BCUT2D eigenvalue weighted by atomic mass is 16.5. The highest BCUT2D eigenvalue weighted by Gasteiger charge is 2.18. The van der Waals surface area contributed by atoms with Crippen molar-refractivity contribution >= 4 is 0 Å². The third-order valence-corrected chi connectivity index (χ3v) is 2.44. The Morgan fingerprint density at radius 2 is 2.21 bits per heavy atom. The van der Waals surface area contributed by atoms with Gasteiger partial charge in [0, 0.05) is 24.9 Å². The topological polar surface area (TPSA) is 29.5 Å². The minimum atomic E-state index is -0.340. The second kappa shape index (κ2) is 6.06. The number of aliphatic hydroxyl groups is 1. The fraction of sp³-hybridized carbons (Fsp3) is 0.833. The standard InChI is InChI=1S/C12H20O2/c1-3-14-9-10(2)12(13)6-4-5-11-7-8-11/h10-13H,3,6-9H2,1-2H3. The molecule has 14 heavy (non-hydrogen) atoms. The zero-order valence-electron chi connectivity index (χ0n) is 9.12. The van der Waals surface area contributed by atoms with Gasteiger partial charge < -0.3 is 9.84 Å². The molecule has 0 radical (unpaired) electrons. The lowest BCUT2D eigenvalue weighted by Crippen LogP contribution is -2.21. The van der Waals surface area contributed by atoms with E-state index in [1.165, 1.54) is 12.8 Å². The smallest absolute Gasteiger partial charge is 0.0696 e. The van der Waals surface area contributed by atoms with Crippen molar-refractivity contribution in [3.8, 4) is 11.8 Å². The van der Waals surface area contributed by atoms with Crippen LogP contribution in [-0.4, -0.2) is 24.4 Å². The molecule has 1 rings (SSSR count). The van der Waals surface area contributed by atoms with E-state index < -0.39 is 0 Å². The first-order chi connectivity index (χ1) is 6.74. The van der Waals surface area contributed by atoms with Gasteiger partial charge in [0.1, 0.15) is 0 Å². The van der Waals surface area contributed by atoms with Crippen molar-refractivity contribution in [2.75, 3.05) is 13.2 Å². The van der Waals surface area contributed by atoms with Gasteiger partial charge in [-0.3, -0.25) is 0 Å². The summed E-state index contributed by atoms with van der Waals surface area (Å²) in [7, 11) is 0. The zero-order valence-corrected chi connectivity index (χ0v) is 9.12. The molecule has 0 aromatic rings. The van der Waals surface area contributed by atoms with Gasteiger partial charge in [-0.15, -0.1) is 5.92 Å². The molecule has 0 aliphatic heterocycles. The van der Waals surface area contributed by atoms with Gasteiger partial charge in [0.2, 0.25) is 0 Å². The highest BCUT2D eigenvalue weighted by molar-refractivity contribution is 5.09. The maximum absolute atomic E-state index is 9.70. The Morgan fingerprint density at radius 1 is 1.50 bits per heavy atom. The van der Waals surface area contributed by atoms with Gasteiger partial charge in [-0.25, -0.2) is 0 Å². The number of hydrogen-bond donors (Lipinski definition) is 1. The maximum atomic E-state index is 9.70. The molecular weight excluding hydrogens is 176 g/mol. The van der Waals surface area contributed by atoms with E-state index in [2.05, 4.69) is 11.8 Å². The molecule has 0 aromatic heterocycles. The first kappa shape index (κ1) is 11.6. The summed E-state index contributed by atoms with van der Waals surface area (Å²) in [5.41, 5.74) is 0. The normalized spacial score (nSPS) is 19.6. The van der Waals surface area contributed by atoms with Crippen LogP contribution in [0.1, 0.15) is 33.1 Å². The van der Waals surface area contributed by atoms with Gasteiger partial charge in [0.15, 0.2) is 0 Å². The Labute approximate surface area is 86.7 Å². The molecule has 80 valence electrons. The Balaban J connectivity index is 2.12. The molecule has 2 nitrogen and oxygen atoms in total. The van der Waals surface area contributed by atoms with Crippen LogP contribution in [0.5, 0.6) is 0 Å². The molecular formula is C12H20O2. The third-order valence-electron chi connectivity index (χ3n) is 2.44. The number of aliphatic hydroxyl groups excluding tert-OH is 1. The molecule has 2 atom stereocenters. The Hall–Kier alpha value is -0.520. The second-order valence-corrected chi connectivity index (χ2v) is 4.00. The third kappa shape index (κ3) is 4.64. The molecule has 1 fully saturated rings. The van der Waals surface area contributed by atoms with Gasteiger partial charge >= 0.3 is 0 Å². The van der Waals surface area contributed by atoms with Gasteiger partial charge in [0.25, 0.3) is 0 Å². The van der Waals surface area contributed by atoms with Crippen LogP contribution in [0.4, 0.5) is 0 Å². The minimum Gasteiger partial charge on any atom is -0.392 e. The van der Waals surface area contributed by atoms with E-state index in [1.807, 2.05) is 13.8 Å². The van der Waals surface area contributed by atoms with Crippen molar-refractivity contribution in [1.29, 1.82) is 0 Å². The maximum Gasteiger partial charge on any atom is 0.0696 e. The predicted molar refractivity (Wildman–Crippen MR) is 56.8 cm³/mol. The SMILES string of the molecule is CCOCC(C)C(O)CC#CC1CC1. The second-order valence-electron chi connectivity index (χ2n) is 4.00. The number of ether oxygens (including phenoxy) is 1. The number of hydrogen-bond acceptors (Lipinski definition) is 2. The zero-order chi connectivity index (χ0) is 10.4. The van der Waals surface area contributed by atoms with E-state index in [-0.39, 0.29) is 12.0 Å². The molecule has 0 saturated heterocycles. The molecule has 0 aromatic carbocycles. The van der Waals surface area contributed by atoms with Crippen LogP contribution in [0.3, 0.4) is 0 Å². The predicted octanol–water partition coefficient (Wildman–Crippen LogP) is 1.82. The largest absolute Gasteiger partial charge is 0.392 e. The first-order valence-corrected chi connectivity index (χ1v) is 5.48. The monoisotopic (exact) mass is 196 g/mol. The van der Waals surface area contributed by atoms with Crippen molar-refractivity contribution in [2.45, 2.75) is 39.2 Å². The Morgan fingerprint density at radius 3 is 2.79 bits per heavy atom. The summed E-state index contributed by atoms with van der Waals surface area (Å²) in [4.78, 5) is 0. The quantitative estimate of drug-likeness (QED) is 0.680. The summed E-state index contributed by atoms with van der Waals surface area (Å²) in [6.45, 7) is 5.30. The molecule has 0 amide bonds. The Bertz CT molecular complexity index is 210. The molecule has 1 saturated carbocycles. The van der Waals surface area contributed by atoms with Crippen LogP contribution < -0.4 is 0 Å². The lowest BCUT2D eigenvalue weighted by molar-refractivity contribution is 0.0432. The van der Waals surface area contributed by atoms with Crippen LogP contribution in [-0.2, 0) is 4.74 Å². The summed E-state index contributed by atoms with van der Waals surface area (Å²) in [5.74, 6) is 7.01. The molecule has 0 spiro atoms. The average molecular weight is 196 g/mol. The lowest BCUT2D eigenvalue weighted by Gasteiger charge is -2.15. The van der Waals surface area contributed by atoms with Crippen molar-refractivity contribution in [3.63, 3.8) is 0 Å².